The lowest BCUT2D eigenvalue weighted by Crippen LogP contribution is -2.09. The minimum atomic E-state index is -0.142. The number of aromatic nitrogens is 3. The molecule has 0 aliphatic heterocycles. The molecule has 88 valence electrons. The number of nitrogens with zero attached hydrogens (tertiary/aromatic N) is 2. The molecule has 0 unspecified atom stereocenters. The van der Waals surface area contributed by atoms with E-state index in [1.165, 1.54) is 0 Å². The summed E-state index contributed by atoms with van der Waals surface area (Å²) in [5, 5.41) is 0.555. The van der Waals surface area contributed by atoms with Crippen LogP contribution in [0, 0.1) is 3.57 Å². The number of benzene rings is 1. The largest absolute Gasteiger partial charge is 0.306 e. The van der Waals surface area contributed by atoms with Crippen LogP contribution < -0.4 is 5.56 Å². The maximum absolute atomic E-state index is 11.9. The van der Waals surface area contributed by atoms with E-state index in [0.29, 0.717) is 16.7 Å². The van der Waals surface area contributed by atoms with Crippen molar-refractivity contribution in [1.82, 2.24) is 15.0 Å². The van der Waals surface area contributed by atoms with Gasteiger partial charge in [-0.2, -0.15) is 0 Å². The Balaban J connectivity index is 2.28. The molecule has 0 aliphatic rings. The highest BCUT2D eigenvalue weighted by molar-refractivity contribution is 14.1. The highest BCUT2D eigenvalue weighted by Crippen LogP contribution is 2.18. The highest BCUT2D eigenvalue weighted by atomic mass is 127. The monoisotopic (exact) mass is 349 g/mol. The molecule has 0 radical (unpaired) electrons. The van der Waals surface area contributed by atoms with Gasteiger partial charge in [-0.25, -0.2) is 4.98 Å². The topological polar surface area (TPSA) is 58.6 Å². The van der Waals surface area contributed by atoms with E-state index < -0.39 is 0 Å². The van der Waals surface area contributed by atoms with Crippen molar-refractivity contribution in [3.8, 4) is 11.4 Å². The first-order valence-corrected chi connectivity index (χ1v) is 6.42. The third kappa shape index (κ3) is 2.01. The van der Waals surface area contributed by atoms with Crippen LogP contribution in [0.25, 0.3) is 22.3 Å². The van der Waals surface area contributed by atoms with E-state index in [1.807, 2.05) is 24.3 Å². The van der Waals surface area contributed by atoms with Crippen molar-refractivity contribution < 1.29 is 0 Å². The maximum Gasteiger partial charge on any atom is 0.259 e. The van der Waals surface area contributed by atoms with Crippen LogP contribution >= 0.6 is 22.6 Å². The summed E-state index contributed by atoms with van der Waals surface area (Å²) in [7, 11) is 0. The van der Waals surface area contributed by atoms with Crippen LogP contribution in [0.1, 0.15) is 0 Å². The summed E-state index contributed by atoms with van der Waals surface area (Å²) in [5.74, 6) is 0.569. The van der Waals surface area contributed by atoms with Crippen molar-refractivity contribution in [1.29, 1.82) is 0 Å². The molecular weight excluding hydrogens is 341 g/mol. The first kappa shape index (κ1) is 11.3. The normalized spacial score (nSPS) is 10.7. The van der Waals surface area contributed by atoms with Gasteiger partial charge in [0.1, 0.15) is 5.82 Å². The number of rotatable bonds is 1. The summed E-state index contributed by atoms with van der Waals surface area (Å²) >= 11 is 2.23. The van der Waals surface area contributed by atoms with Gasteiger partial charge in [0, 0.05) is 15.3 Å². The van der Waals surface area contributed by atoms with Crippen LogP contribution in [0.2, 0.25) is 0 Å². The highest BCUT2D eigenvalue weighted by Gasteiger charge is 2.05. The minimum Gasteiger partial charge on any atom is -0.306 e. The average Bonchev–Trinajstić information content (AvgIpc) is 2.39. The van der Waals surface area contributed by atoms with E-state index in [0.717, 1.165) is 9.13 Å². The van der Waals surface area contributed by atoms with Crippen molar-refractivity contribution in [3.63, 3.8) is 0 Å². The molecule has 3 aromatic rings. The van der Waals surface area contributed by atoms with Crippen LogP contribution in [-0.2, 0) is 0 Å². The van der Waals surface area contributed by atoms with Crippen molar-refractivity contribution in [2.24, 2.45) is 0 Å². The third-order valence-electron chi connectivity index (χ3n) is 2.61. The Labute approximate surface area is 116 Å². The number of halogens is 1. The third-order valence-corrected chi connectivity index (χ3v) is 3.28. The maximum atomic E-state index is 11.9. The van der Waals surface area contributed by atoms with Crippen molar-refractivity contribution in [2.45, 2.75) is 0 Å². The average molecular weight is 349 g/mol. The molecule has 0 bridgehead atoms. The number of H-pyrrole nitrogens is 1. The van der Waals surface area contributed by atoms with Gasteiger partial charge in [0.2, 0.25) is 0 Å². The molecule has 18 heavy (non-hydrogen) atoms. The Kier molecular flexibility index (Phi) is 2.83. The number of nitrogens with one attached hydrogen (secondary N) is 1. The Morgan fingerprint density at radius 2 is 2.11 bits per heavy atom. The lowest BCUT2D eigenvalue weighted by atomic mass is 10.2. The van der Waals surface area contributed by atoms with E-state index in [-0.39, 0.29) is 5.56 Å². The van der Waals surface area contributed by atoms with Crippen LogP contribution in [0.4, 0.5) is 0 Å². The molecular formula is C13H8IN3O. The van der Waals surface area contributed by atoms with E-state index >= 15 is 0 Å². The van der Waals surface area contributed by atoms with Gasteiger partial charge in [0.25, 0.3) is 5.56 Å². The number of fused-ring (bicyclic) bond motifs is 1. The predicted molar refractivity (Wildman–Crippen MR) is 78.3 cm³/mol. The van der Waals surface area contributed by atoms with Gasteiger partial charge in [0.05, 0.1) is 17.1 Å². The van der Waals surface area contributed by atoms with Crippen LogP contribution in [0.5, 0.6) is 0 Å². The Morgan fingerprint density at radius 1 is 1.22 bits per heavy atom. The summed E-state index contributed by atoms with van der Waals surface area (Å²) in [6.07, 6.45) is 3.19. The Bertz CT molecular complexity index is 782. The van der Waals surface area contributed by atoms with Gasteiger partial charge >= 0.3 is 0 Å². The zero-order valence-corrected chi connectivity index (χ0v) is 11.4. The molecule has 0 atom stereocenters. The second-order valence-electron chi connectivity index (χ2n) is 3.82. The predicted octanol–water partition coefficient (Wildman–Crippen LogP) is 2.59. The summed E-state index contributed by atoms with van der Waals surface area (Å²) in [5.41, 5.74) is 1.36. The fourth-order valence-corrected chi connectivity index (χ4v) is 2.31. The molecule has 0 fully saturated rings. The second-order valence-corrected chi connectivity index (χ2v) is 5.06. The lowest BCUT2D eigenvalue weighted by molar-refractivity contribution is 1.16. The number of aromatic amines is 1. The smallest absolute Gasteiger partial charge is 0.259 e. The molecule has 2 aromatic heterocycles. The molecule has 0 saturated heterocycles. The molecule has 0 spiro atoms. The fraction of sp³-hybridized carbons (Fsp3) is 0. The first-order chi connectivity index (χ1) is 8.74. The van der Waals surface area contributed by atoms with Gasteiger partial charge in [0.15, 0.2) is 0 Å². The molecule has 0 amide bonds. The summed E-state index contributed by atoms with van der Waals surface area (Å²) < 4.78 is 1.10. The first-order valence-electron chi connectivity index (χ1n) is 5.34. The lowest BCUT2D eigenvalue weighted by Gasteiger charge is -2.03. The van der Waals surface area contributed by atoms with E-state index in [4.69, 9.17) is 0 Å². The van der Waals surface area contributed by atoms with Gasteiger partial charge < -0.3 is 4.98 Å². The van der Waals surface area contributed by atoms with Gasteiger partial charge in [-0.15, -0.1) is 0 Å². The van der Waals surface area contributed by atoms with Crippen molar-refractivity contribution in [2.75, 3.05) is 0 Å². The molecule has 4 nitrogen and oxygen atoms in total. The van der Waals surface area contributed by atoms with Gasteiger partial charge in [-0.05, 0) is 40.8 Å². The number of pyridine rings is 1. The summed E-state index contributed by atoms with van der Waals surface area (Å²) in [6, 6.07) is 9.48. The van der Waals surface area contributed by atoms with E-state index in [9.17, 15) is 4.79 Å². The Morgan fingerprint density at radius 3 is 2.94 bits per heavy atom. The molecule has 2 heterocycles. The molecule has 0 aliphatic carbocycles. The molecule has 1 aromatic carbocycles. The fourth-order valence-electron chi connectivity index (χ4n) is 1.76. The molecule has 1 N–H and O–H groups in total. The van der Waals surface area contributed by atoms with E-state index in [2.05, 4.69) is 37.5 Å². The van der Waals surface area contributed by atoms with Crippen LogP contribution in [0.3, 0.4) is 0 Å². The van der Waals surface area contributed by atoms with Crippen molar-refractivity contribution in [3.05, 3.63) is 56.6 Å². The van der Waals surface area contributed by atoms with Crippen LogP contribution in [0.15, 0.2) is 47.5 Å². The SMILES string of the molecule is O=c1[nH]c(-c2cccc(I)c2)nc2cnccc12. The number of hydrogen-bond acceptors (Lipinski definition) is 3. The summed E-state index contributed by atoms with van der Waals surface area (Å²) in [4.78, 5) is 23.1. The quantitative estimate of drug-likeness (QED) is 0.687. The molecule has 5 heteroatoms. The zero-order valence-electron chi connectivity index (χ0n) is 9.22. The molecule has 3 rings (SSSR count). The van der Waals surface area contributed by atoms with Crippen LogP contribution in [-0.4, -0.2) is 15.0 Å². The summed E-state index contributed by atoms with van der Waals surface area (Å²) in [6.45, 7) is 0. The van der Waals surface area contributed by atoms with Crippen molar-refractivity contribution >= 4 is 33.5 Å². The standard InChI is InChI=1S/C13H8IN3O/c14-9-3-1-2-8(6-9)12-16-11-7-15-5-4-10(11)13(18)17-12/h1-7H,(H,16,17,18). The Hall–Kier alpha value is -1.76. The van der Waals surface area contributed by atoms with Gasteiger partial charge in [-0.3, -0.25) is 9.78 Å². The zero-order chi connectivity index (χ0) is 12.5. The minimum absolute atomic E-state index is 0.142. The molecule has 0 saturated carbocycles. The van der Waals surface area contributed by atoms with E-state index in [1.54, 1.807) is 18.5 Å². The number of hydrogen-bond donors (Lipinski definition) is 1. The van der Waals surface area contributed by atoms with Gasteiger partial charge in [-0.1, -0.05) is 12.1 Å². The second kappa shape index (κ2) is 4.49.